The molecule has 1 saturated carbocycles. The van der Waals surface area contributed by atoms with Crippen LogP contribution in [0, 0.1) is 19.8 Å². The van der Waals surface area contributed by atoms with Gasteiger partial charge < -0.3 is 5.32 Å². The number of aryl methyl sites for hydroxylation is 2. The van der Waals surface area contributed by atoms with Crippen LogP contribution >= 0.6 is 11.3 Å². The lowest BCUT2D eigenvalue weighted by Crippen LogP contribution is -2.38. The highest BCUT2D eigenvalue weighted by Gasteiger charge is 2.21. The molecule has 3 rings (SSSR count). The van der Waals surface area contributed by atoms with Crippen LogP contribution in [0.5, 0.6) is 0 Å². The molecular formula is C20H26N2OS. The predicted octanol–water partition coefficient (Wildman–Crippen LogP) is 4.66. The maximum absolute atomic E-state index is 12.5. The first kappa shape index (κ1) is 17.2. The Hall–Kier alpha value is -1.68. The summed E-state index contributed by atoms with van der Waals surface area (Å²) in [6.45, 7) is 6.38. The maximum atomic E-state index is 12.5. The van der Waals surface area contributed by atoms with Gasteiger partial charge in [-0.25, -0.2) is 4.98 Å². The van der Waals surface area contributed by atoms with Gasteiger partial charge in [0.15, 0.2) is 0 Å². The van der Waals surface area contributed by atoms with E-state index in [4.69, 9.17) is 0 Å². The minimum Gasteiger partial charge on any atom is -0.353 e. The van der Waals surface area contributed by atoms with E-state index >= 15 is 0 Å². The Bertz CT molecular complexity index is 697. The van der Waals surface area contributed by atoms with E-state index in [-0.39, 0.29) is 5.91 Å². The molecule has 0 saturated heterocycles. The van der Waals surface area contributed by atoms with Crippen LogP contribution in [0.2, 0.25) is 0 Å². The number of rotatable bonds is 4. The summed E-state index contributed by atoms with van der Waals surface area (Å²) in [4.78, 5) is 18.2. The lowest BCUT2D eigenvalue weighted by atomic mass is 9.87. The molecule has 1 aliphatic carbocycles. The number of benzene rings is 1. The smallest absolute Gasteiger partial charge is 0.225 e. The van der Waals surface area contributed by atoms with Gasteiger partial charge in [0.2, 0.25) is 5.91 Å². The van der Waals surface area contributed by atoms with Crippen molar-refractivity contribution >= 4 is 17.2 Å². The number of hydrogen-bond acceptors (Lipinski definition) is 3. The third-order valence-corrected chi connectivity index (χ3v) is 5.80. The highest BCUT2D eigenvalue weighted by atomic mass is 32.1. The average molecular weight is 343 g/mol. The number of aromatic nitrogens is 1. The second kappa shape index (κ2) is 7.47. The van der Waals surface area contributed by atoms with Crippen LogP contribution in [0.1, 0.15) is 48.1 Å². The molecule has 1 fully saturated rings. The summed E-state index contributed by atoms with van der Waals surface area (Å²) in [7, 11) is 0. The fourth-order valence-electron chi connectivity index (χ4n) is 3.35. The third kappa shape index (κ3) is 4.23. The van der Waals surface area contributed by atoms with Gasteiger partial charge in [-0.3, -0.25) is 4.79 Å². The average Bonchev–Trinajstić information content (AvgIpc) is 2.90. The van der Waals surface area contributed by atoms with Crippen LogP contribution in [-0.2, 0) is 11.2 Å². The fraction of sp³-hybridized carbons (Fsp3) is 0.500. The number of hydrogen-bond donors (Lipinski definition) is 1. The van der Waals surface area contributed by atoms with Crippen LogP contribution in [-0.4, -0.2) is 16.9 Å². The molecule has 0 spiro atoms. The van der Waals surface area contributed by atoms with Crippen LogP contribution in [0.4, 0.5) is 0 Å². The quantitative estimate of drug-likeness (QED) is 0.878. The summed E-state index contributed by atoms with van der Waals surface area (Å²) in [6.07, 6.45) is 5.10. The largest absolute Gasteiger partial charge is 0.353 e. The van der Waals surface area contributed by atoms with E-state index in [1.54, 1.807) is 11.3 Å². The lowest BCUT2D eigenvalue weighted by Gasteiger charge is -2.26. The van der Waals surface area contributed by atoms with Gasteiger partial charge in [0, 0.05) is 16.5 Å². The maximum Gasteiger partial charge on any atom is 0.225 e. The van der Waals surface area contributed by atoms with E-state index < -0.39 is 0 Å². The van der Waals surface area contributed by atoms with Gasteiger partial charge in [0.25, 0.3) is 0 Å². The first-order valence-corrected chi connectivity index (χ1v) is 9.65. The number of carbonyl (C=O) groups is 1. The van der Waals surface area contributed by atoms with Gasteiger partial charge in [0.1, 0.15) is 0 Å². The molecule has 0 aliphatic heterocycles. The molecule has 4 heteroatoms. The topological polar surface area (TPSA) is 42.0 Å². The zero-order valence-corrected chi connectivity index (χ0v) is 15.6. The predicted molar refractivity (Wildman–Crippen MR) is 100 cm³/mol. The van der Waals surface area contributed by atoms with Crippen molar-refractivity contribution in [3.8, 4) is 11.3 Å². The summed E-state index contributed by atoms with van der Waals surface area (Å²) in [6, 6.07) is 8.72. The van der Waals surface area contributed by atoms with Crippen molar-refractivity contribution in [2.45, 2.75) is 58.9 Å². The van der Waals surface area contributed by atoms with Crippen molar-refractivity contribution in [2.75, 3.05) is 0 Å². The van der Waals surface area contributed by atoms with E-state index in [2.05, 4.69) is 48.4 Å². The summed E-state index contributed by atoms with van der Waals surface area (Å²) < 4.78 is 0. The minimum absolute atomic E-state index is 0.131. The lowest BCUT2D eigenvalue weighted by molar-refractivity contribution is -0.121. The molecule has 0 radical (unpaired) electrons. The normalized spacial score (nSPS) is 20.8. The molecule has 2 aromatic rings. The SMILES string of the molecule is Cc1ccc(-c2nc(C)sc2CC(=O)NC2CCC(C)CC2)cc1. The van der Waals surface area contributed by atoms with Crippen LogP contribution < -0.4 is 5.32 Å². The number of carbonyl (C=O) groups excluding carboxylic acids is 1. The molecule has 3 nitrogen and oxygen atoms in total. The molecule has 1 aromatic heterocycles. The zero-order valence-electron chi connectivity index (χ0n) is 14.8. The van der Waals surface area contributed by atoms with Crippen LogP contribution in [0.3, 0.4) is 0 Å². The molecule has 1 aliphatic rings. The van der Waals surface area contributed by atoms with Crippen molar-refractivity contribution in [3.05, 3.63) is 39.7 Å². The Morgan fingerprint density at radius 1 is 1.17 bits per heavy atom. The molecule has 0 unspecified atom stereocenters. The molecule has 1 heterocycles. The highest BCUT2D eigenvalue weighted by Crippen LogP contribution is 2.29. The molecule has 128 valence electrons. The summed E-state index contributed by atoms with van der Waals surface area (Å²) in [5.74, 6) is 0.932. The van der Waals surface area contributed by atoms with E-state index in [0.29, 0.717) is 12.5 Å². The van der Waals surface area contributed by atoms with E-state index in [1.165, 1.54) is 18.4 Å². The van der Waals surface area contributed by atoms with Crippen molar-refractivity contribution < 1.29 is 4.79 Å². The summed E-state index contributed by atoms with van der Waals surface area (Å²) >= 11 is 1.63. The first-order valence-electron chi connectivity index (χ1n) is 8.84. The van der Waals surface area contributed by atoms with Crippen molar-refractivity contribution in [1.82, 2.24) is 10.3 Å². The molecule has 1 amide bonds. The number of nitrogens with one attached hydrogen (secondary N) is 1. The third-order valence-electron chi connectivity index (χ3n) is 4.83. The molecule has 0 atom stereocenters. The minimum atomic E-state index is 0.131. The molecular weight excluding hydrogens is 316 g/mol. The van der Waals surface area contributed by atoms with Gasteiger partial charge in [-0.15, -0.1) is 11.3 Å². The van der Waals surface area contributed by atoms with Gasteiger partial charge >= 0.3 is 0 Å². The molecule has 0 bridgehead atoms. The van der Waals surface area contributed by atoms with Crippen molar-refractivity contribution in [1.29, 1.82) is 0 Å². The van der Waals surface area contributed by atoms with Gasteiger partial charge in [-0.05, 0) is 45.4 Å². The Kier molecular flexibility index (Phi) is 5.34. The van der Waals surface area contributed by atoms with Crippen molar-refractivity contribution in [2.24, 2.45) is 5.92 Å². The second-order valence-corrected chi connectivity index (χ2v) is 8.36. The Morgan fingerprint density at radius 2 is 1.83 bits per heavy atom. The van der Waals surface area contributed by atoms with E-state index in [1.807, 2.05) is 6.92 Å². The Morgan fingerprint density at radius 3 is 2.50 bits per heavy atom. The fourth-order valence-corrected chi connectivity index (χ4v) is 4.31. The van der Waals surface area contributed by atoms with Gasteiger partial charge in [-0.1, -0.05) is 36.8 Å². The zero-order chi connectivity index (χ0) is 17.1. The molecule has 1 N–H and O–H groups in total. The van der Waals surface area contributed by atoms with Crippen molar-refractivity contribution in [3.63, 3.8) is 0 Å². The molecule has 1 aromatic carbocycles. The number of nitrogens with zero attached hydrogens (tertiary/aromatic N) is 1. The highest BCUT2D eigenvalue weighted by molar-refractivity contribution is 7.12. The summed E-state index contributed by atoms with van der Waals surface area (Å²) in [5, 5.41) is 4.24. The van der Waals surface area contributed by atoms with Gasteiger partial charge in [0.05, 0.1) is 17.1 Å². The Labute approximate surface area is 148 Å². The number of amides is 1. The summed E-state index contributed by atoms with van der Waals surface area (Å²) in [5.41, 5.74) is 3.29. The monoisotopic (exact) mass is 342 g/mol. The van der Waals surface area contributed by atoms with Crippen LogP contribution in [0.25, 0.3) is 11.3 Å². The Balaban J connectivity index is 1.68. The van der Waals surface area contributed by atoms with E-state index in [9.17, 15) is 4.79 Å². The van der Waals surface area contributed by atoms with Crippen LogP contribution in [0.15, 0.2) is 24.3 Å². The van der Waals surface area contributed by atoms with E-state index in [0.717, 1.165) is 39.9 Å². The second-order valence-electron chi connectivity index (χ2n) is 7.07. The van der Waals surface area contributed by atoms with Gasteiger partial charge in [-0.2, -0.15) is 0 Å². The number of thiazole rings is 1. The molecule has 24 heavy (non-hydrogen) atoms. The first-order chi connectivity index (χ1) is 11.5. The standard InChI is InChI=1S/C20H26N2OS/c1-13-4-8-16(9-5-13)20-18(24-15(3)21-20)12-19(23)22-17-10-6-14(2)7-11-17/h4-5,8-9,14,17H,6-7,10-12H2,1-3H3,(H,22,23).